The quantitative estimate of drug-likeness (QED) is 0.701. The number of hydrogen-bond acceptors (Lipinski definition) is 3. The first-order valence-electron chi connectivity index (χ1n) is 6.20. The molecule has 0 saturated heterocycles. The number of esters is 1. The Bertz CT molecular complexity index is 379. The number of hydrogen-bond donors (Lipinski definition) is 0. The summed E-state index contributed by atoms with van der Waals surface area (Å²) in [6.07, 6.45) is 0.767. The normalized spacial score (nSPS) is 12.2. The van der Waals surface area contributed by atoms with Gasteiger partial charge in [-0.3, -0.25) is 0 Å². The molecule has 0 amide bonds. The van der Waals surface area contributed by atoms with Crippen molar-refractivity contribution >= 4 is 5.97 Å². The first-order valence-corrected chi connectivity index (χ1v) is 6.20. The molecule has 0 N–H and O–H groups in total. The van der Waals surface area contributed by atoms with Crippen molar-refractivity contribution < 1.29 is 18.7 Å². The molecular weight excluding hydrogens is 235 g/mol. The van der Waals surface area contributed by atoms with E-state index in [0.29, 0.717) is 18.6 Å². The predicted octanol–water partition coefficient (Wildman–Crippen LogP) is 3.07. The Morgan fingerprint density at radius 1 is 1.33 bits per heavy atom. The molecule has 1 aromatic rings. The van der Waals surface area contributed by atoms with E-state index in [1.54, 1.807) is 25.1 Å². The van der Waals surface area contributed by atoms with Crippen molar-refractivity contribution in [2.24, 2.45) is 0 Å². The third-order valence-corrected chi connectivity index (χ3v) is 2.50. The van der Waals surface area contributed by atoms with Gasteiger partial charge in [-0.15, -0.1) is 0 Å². The van der Waals surface area contributed by atoms with Crippen LogP contribution in [0.5, 0.6) is 0 Å². The predicted molar refractivity (Wildman–Crippen MR) is 66.5 cm³/mol. The van der Waals surface area contributed by atoms with E-state index in [-0.39, 0.29) is 18.4 Å². The maximum atomic E-state index is 13.4. The Balaban J connectivity index is 2.57. The lowest BCUT2D eigenvalue weighted by Crippen LogP contribution is -2.26. The highest BCUT2D eigenvalue weighted by atomic mass is 19.1. The van der Waals surface area contributed by atoms with E-state index in [1.165, 1.54) is 6.07 Å². The summed E-state index contributed by atoms with van der Waals surface area (Å²) in [5.74, 6) is -0.702. The van der Waals surface area contributed by atoms with Gasteiger partial charge in [0.1, 0.15) is 5.82 Å². The lowest BCUT2D eigenvalue weighted by Gasteiger charge is -2.15. The number of carbonyl (C=O) groups excluding carboxylic acids is 1. The van der Waals surface area contributed by atoms with E-state index in [9.17, 15) is 9.18 Å². The van der Waals surface area contributed by atoms with Crippen LogP contribution in [0.1, 0.15) is 32.3 Å². The number of benzene rings is 1. The summed E-state index contributed by atoms with van der Waals surface area (Å²) < 4.78 is 23.7. The highest BCUT2D eigenvalue weighted by molar-refractivity contribution is 5.74. The Kier molecular flexibility index (Phi) is 6.36. The Morgan fingerprint density at radius 2 is 2.06 bits per heavy atom. The smallest absolute Gasteiger partial charge is 0.335 e. The van der Waals surface area contributed by atoms with Gasteiger partial charge in [0.05, 0.1) is 13.2 Å². The maximum absolute atomic E-state index is 13.4. The van der Waals surface area contributed by atoms with Crippen LogP contribution < -0.4 is 0 Å². The van der Waals surface area contributed by atoms with E-state index >= 15 is 0 Å². The molecule has 1 rings (SSSR count). The molecule has 0 saturated carbocycles. The number of ether oxygens (including phenoxy) is 2. The van der Waals surface area contributed by atoms with Gasteiger partial charge in [-0.1, -0.05) is 31.5 Å². The average Bonchev–Trinajstić information content (AvgIpc) is 2.36. The fraction of sp³-hybridized carbons (Fsp3) is 0.500. The third-order valence-electron chi connectivity index (χ3n) is 2.50. The molecule has 0 heterocycles. The summed E-state index contributed by atoms with van der Waals surface area (Å²) in [4.78, 5) is 11.6. The molecule has 0 aromatic heterocycles. The average molecular weight is 254 g/mol. The van der Waals surface area contributed by atoms with Crippen LogP contribution in [-0.2, 0) is 20.9 Å². The van der Waals surface area contributed by atoms with E-state index in [1.807, 2.05) is 6.92 Å². The number of carbonyl (C=O) groups is 1. The van der Waals surface area contributed by atoms with E-state index in [2.05, 4.69) is 0 Å². The van der Waals surface area contributed by atoms with Gasteiger partial charge in [-0.25, -0.2) is 9.18 Å². The zero-order valence-electron chi connectivity index (χ0n) is 10.8. The molecule has 3 nitrogen and oxygen atoms in total. The molecule has 0 radical (unpaired) electrons. The van der Waals surface area contributed by atoms with Crippen molar-refractivity contribution in [3.8, 4) is 0 Å². The summed E-state index contributed by atoms with van der Waals surface area (Å²) in [5.41, 5.74) is 0.447. The summed E-state index contributed by atoms with van der Waals surface area (Å²) in [6.45, 7) is 4.11. The molecular formula is C14H19FO3. The Hall–Kier alpha value is -1.42. The van der Waals surface area contributed by atoms with Crippen molar-refractivity contribution in [1.29, 1.82) is 0 Å². The molecule has 0 aliphatic rings. The second-order valence-corrected chi connectivity index (χ2v) is 3.93. The van der Waals surface area contributed by atoms with Crippen molar-refractivity contribution in [2.75, 3.05) is 6.61 Å². The monoisotopic (exact) mass is 254 g/mol. The summed E-state index contributed by atoms with van der Waals surface area (Å²) >= 11 is 0. The number of halogens is 1. The van der Waals surface area contributed by atoms with Crippen LogP contribution >= 0.6 is 0 Å². The molecule has 18 heavy (non-hydrogen) atoms. The van der Waals surface area contributed by atoms with Crippen molar-refractivity contribution in [2.45, 2.75) is 39.4 Å². The molecule has 100 valence electrons. The Labute approximate surface area is 107 Å². The minimum atomic E-state index is -0.616. The van der Waals surface area contributed by atoms with Crippen molar-refractivity contribution in [1.82, 2.24) is 0 Å². The van der Waals surface area contributed by atoms with Crippen LogP contribution in [-0.4, -0.2) is 18.7 Å². The Morgan fingerprint density at radius 3 is 2.67 bits per heavy atom. The number of rotatable bonds is 7. The first kappa shape index (κ1) is 14.6. The van der Waals surface area contributed by atoms with Crippen LogP contribution in [0.25, 0.3) is 0 Å². The third kappa shape index (κ3) is 4.45. The van der Waals surface area contributed by atoms with Gasteiger partial charge in [0.25, 0.3) is 0 Å². The van der Waals surface area contributed by atoms with Crippen LogP contribution in [0.4, 0.5) is 4.39 Å². The molecule has 0 spiro atoms. The van der Waals surface area contributed by atoms with Gasteiger partial charge in [-0.2, -0.15) is 0 Å². The molecule has 0 aliphatic heterocycles. The van der Waals surface area contributed by atoms with E-state index in [0.717, 1.165) is 6.42 Å². The minimum absolute atomic E-state index is 0.0795. The molecule has 0 aliphatic carbocycles. The van der Waals surface area contributed by atoms with Crippen LogP contribution in [0.15, 0.2) is 24.3 Å². The highest BCUT2D eigenvalue weighted by Crippen LogP contribution is 2.12. The van der Waals surface area contributed by atoms with Gasteiger partial charge in [-0.05, 0) is 19.4 Å². The van der Waals surface area contributed by atoms with Gasteiger partial charge < -0.3 is 9.47 Å². The van der Waals surface area contributed by atoms with Crippen LogP contribution in [0, 0.1) is 5.82 Å². The van der Waals surface area contributed by atoms with Crippen molar-refractivity contribution in [3.05, 3.63) is 35.6 Å². The molecule has 1 atom stereocenters. The fourth-order valence-electron chi connectivity index (χ4n) is 1.57. The summed E-state index contributed by atoms with van der Waals surface area (Å²) in [5, 5.41) is 0. The van der Waals surface area contributed by atoms with E-state index in [4.69, 9.17) is 9.47 Å². The van der Waals surface area contributed by atoms with Gasteiger partial charge in [0, 0.05) is 5.56 Å². The first-order chi connectivity index (χ1) is 8.69. The standard InChI is InChI=1S/C14H19FO3/c1-3-7-13(14(16)17-4-2)18-10-11-8-5-6-9-12(11)15/h5-6,8-9,13H,3-4,7,10H2,1-2H3. The molecule has 0 fully saturated rings. The summed E-state index contributed by atoms with van der Waals surface area (Å²) in [7, 11) is 0. The second kappa shape index (κ2) is 7.82. The van der Waals surface area contributed by atoms with Gasteiger partial charge in [0.15, 0.2) is 6.10 Å². The highest BCUT2D eigenvalue weighted by Gasteiger charge is 2.19. The lowest BCUT2D eigenvalue weighted by atomic mass is 10.2. The zero-order valence-corrected chi connectivity index (χ0v) is 10.8. The SMILES string of the molecule is CCCC(OCc1ccccc1F)C(=O)OCC. The lowest BCUT2D eigenvalue weighted by molar-refractivity contribution is -0.158. The molecule has 1 aromatic carbocycles. The second-order valence-electron chi connectivity index (χ2n) is 3.93. The van der Waals surface area contributed by atoms with Gasteiger partial charge >= 0.3 is 5.97 Å². The van der Waals surface area contributed by atoms with E-state index < -0.39 is 6.10 Å². The largest absolute Gasteiger partial charge is 0.464 e. The topological polar surface area (TPSA) is 35.5 Å². The van der Waals surface area contributed by atoms with Crippen molar-refractivity contribution in [3.63, 3.8) is 0 Å². The maximum Gasteiger partial charge on any atom is 0.335 e. The fourth-order valence-corrected chi connectivity index (χ4v) is 1.57. The zero-order chi connectivity index (χ0) is 13.4. The van der Waals surface area contributed by atoms with Crippen LogP contribution in [0.2, 0.25) is 0 Å². The minimum Gasteiger partial charge on any atom is -0.464 e. The van der Waals surface area contributed by atoms with Crippen LogP contribution in [0.3, 0.4) is 0 Å². The molecule has 0 bridgehead atoms. The molecule has 4 heteroatoms. The summed E-state index contributed by atoms with van der Waals surface area (Å²) in [6, 6.07) is 6.37. The molecule has 1 unspecified atom stereocenters. The van der Waals surface area contributed by atoms with Gasteiger partial charge in [0.2, 0.25) is 0 Å².